The molecule has 4 heteroatoms. The summed E-state index contributed by atoms with van der Waals surface area (Å²) in [5, 5.41) is 17.3. The van der Waals surface area contributed by atoms with Crippen molar-refractivity contribution in [3.05, 3.63) is 59.1 Å². The number of hydrogen-bond donors (Lipinski definition) is 2. The second kappa shape index (κ2) is 5.49. The van der Waals surface area contributed by atoms with Crippen LogP contribution in [0.15, 0.2) is 57.9 Å². The predicted octanol–water partition coefficient (Wildman–Crippen LogP) is 1.74. The van der Waals surface area contributed by atoms with Gasteiger partial charge in [0.25, 0.3) is 0 Å². The maximum atomic E-state index is 10.1. The zero-order chi connectivity index (χ0) is 11.1. The first-order chi connectivity index (χ1) is 7.18. The molecule has 0 fully saturated rings. The third kappa shape index (κ3) is 4.52. The summed E-state index contributed by atoms with van der Waals surface area (Å²) in [6.45, 7) is 0. The smallest absolute Gasteiger partial charge is 0.335 e. The molecule has 0 radical (unpaired) electrons. The lowest BCUT2D eigenvalue weighted by Crippen LogP contribution is -1.90. The average molecular weight is 206 g/mol. The summed E-state index contributed by atoms with van der Waals surface area (Å²) >= 11 is 0. The summed E-state index contributed by atoms with van der Waals surface area (Å²) in [4.78, 5) is 10.1. The van der Waals surface area contributed by atoms with Gasteiger partial charge in [0, 0.05) is 6.07 Å². The molecule has 15 heavy (non-hydrogen) atoms. The molecule has 0 unspecified atom stereocenters. The van der Waals surface area contributed by atoms with Crippen LogP contribution >= 0.6 is 0 Å². The van der Waals surface area contributed by atoms with Gasteiger partial charge in [-0.2, -0.15) is 0 Å². The number of benzene rings is 1. The molecule has 0 amide bonds. The van der Waals surface area contributed by atoms with Crippen LogP contribution in [0.25, 0.3) is 0 Å². The summed E-state index contributed by atoms with van der Waals surface area (Å²) in [6, 6.07) is 10.3. The first kappa shape index (κ1) is 10.8. The lowest BCUT2D eigenvalue weighted by atomic mass is 10.3. The molecule has 2 rings (SSSR count). The number of phenolic OH excluding ortho intramolecular Hbond substituents is 2. The van der Waals surface area contributed by atoms with Crippen LogP contribution in [0, 0.1) is 0 Å². The lowest BCUT2D eigenvalue weighted by molar-refractivity contribution is 0.460. The standard InChI is InChI=1S/C6H6O2.C5H4O2/c7-5-1-2-6(8)4-3-5;6-5-3-1-2-4-7-5/h1-4,7-8H;1-4H. The Balaban J connectivity index is 0.000000151. The van der Waals surface area contributed by atoms with Gasteiger partial charge < -0.3 is 14.6 Å². The molecule has 0 saturated carbocycles. The molecule has 2 aromatic rings. The van der Waals surface area contributed by atoms with Gasteiger partial charge in [-0.1, -0.05) is 6.07 Å². The van der Waals surface area contributed by atoms with Gasteiger partial charge >= 0.3 is 5.63 Å². The fourth-order valence-electron chi connectivity index (χ4n) is 0.778. The van der Waals surface area contributed by atoms with Crippen LogP contribution in [0.4, 0.5) is 0 Å². The Bertz CT molecular complexity index is 406. The summed E-state index contributed by atoms with van der Waals surface area (Å²) in [7, 11) is 0. The summed E-state index contributed by atoms with van der Waals surface area (Å²) in [5.41, 5.74) is -0.303. The minimum Gasteiger partial charge on any atom is -0.508 e. The summed E-state index contributed by atoms with van der Waals surface area (Å²) < 4.78 is 4.37. The number of phenols is 2. The van der Waals surface area contributed by atoms with Crippen molar-refractivity contribution in [1.29, 1.82) is 0 Å². The molecular formula is C11H10O4. The molecule has 1 aromatic heterocycles. The normalized spacial score (nSPS) is 8.80. The van der Waals surface area contributed by atoms with E-state index in [1.54, 1.807) is 12.1 Å². The van der Waals surface area contributed by atoms with Crippen LogP contribution in [-0.2, 0) is 0 Å². The fourth-order valence-corrected chi connectivity index (χ4v) is 0.778. The number of rotatable bonds is 0. The molecule has 0 bridgehead atoms. The van der Waals surface area contributed by atoms with E-state index >= 15 is 0 Å². The minimum absolute atomic E-state index is 0.169. The van der Waals surface area contributed by atoms with E-state index in [-0.39, 0.29) is 17.1 Å². The molecule has 0 aliphatic rings. The molecule has 0 atom stereocenters. The van der Waals surface area contributed by atoms with Crippen molar-refractivity contribution in [3.8, 4) is 11.5 Å². The minimum atomic E-state index is -0.303. The van der Waals surface area contributed by atoms with Crippen LogP contribution in [0.3, 0.4) is 0 Å². The molecule has 78 valence electrons. The van der Waals surface area contributed by atoms with Crippen LogP contribution in [0.1, 0.15) is 0 Å². The molecule has 4 nitrogen and oxygen atoms in total. The Morgan fingerprint density at radius 3 is 1.67 bits per heavy atom. The van der Waals surface area contributed by atoms with Crippen molar-refractivity contribution in [2.45, 2.75) is 0 Å². The highest BCUT2D eigenvalue weighted by molar-refractivity contribution is 5.28. The molecule has 1 heterocycles. The number of hydrogen-bond acceptors (Lipinski definition) is 4. The number of aromatic hydroxyl groups is 2. The second-order valence-electron chi connectivity index (χ2n) is 2.64. The van der Waals surface area contributed by atoms with Gasteiger partial charge in [0.1, 0.15) is 11.5 Å². The van der Waals surface area contributed by atoms with Crippen LogP contribution < -0.4 is 5.63 Å². The Morgan fingerprint density at radius 1 is 0.867 bits per heavy atom. The Kier molecular flexibility index (Phi) is 3.97. The van der Waals surface area contributed by atoms with E-state index in [0.717, 1.165) is 0 Å². The van der Waals surface area contributed by atoms with Gasteiger partial charge in [0.05, 0.1) is 6.26 Å². The highest BCUT2D eigenvalue weighted by Crippen LogP contribution is 2.13. The molecular weight excluding hydrogens is 196 g/mol. The first-order valence-corrected chi connectivity index (χ1v) is 4.20. The quantitative estimate of drug-likeness (QED) is 0.644. The third-order valence-electron chi connectivity index (χ3n) is 1.46. The maximum absolute atomic E-state index is 10.1. The van der Waals surface area contributed by atoms with Gasteiger partial charge in [-0.25, -0.2) is 4.79 Å². The van der Waals surface area contributed by atoms with E-state index in [9.17, 15) is 4.79 Å². The molecule has 0 saturated heterocycles. The van der Waals surface area contributed by atoms with E-state index < -0.39 is 0 Å². The van der Waals surface area contributed by atoms with Crippen molar-refractivity contribution in [2.75, 3.05) is 0 Å². The van der Waals surface area contributed by atoms with Crippen LogP contribution in [0.5, 0.6) is 11.5 Å². The van der Waals surface area contributed by atoms with Gasteiger partial charge in [-0.05, 0) is 30.3 Å². The zero-order valence-electron chi connectivity index (χ0n) is 7.83. The average Bonchev–Trinajstić information content (AvgIpc) is 2.25. The van der Waals surface area contributed by atoms with Crippen molar-refractivity contribution >= 4 is 0 Å². The van der Waals surface area contributed by atoms with Gasteiger partial charge in [-0.3, -0.25) is 0 Å². The molecule has 0 spiro atoms. The topological polar surface area (TPSA) is 70.7 Å². The summed E-state index contributed by atoms with van der Waals surface area (Å²) in [5.74, 6) is 0.339. The molecule has 2 N–H and O–H groups in total. The van der Waals surface area contributed by atoms with Crippen LogP contribution in [0.2, 0.25) is 0 Å². The first-order valence-electron chi connectivity index (χ1n) is 4.20. The van der Waals surface area contributed by atoms with Gasteiger partial charge in [-0.15, -0.1) is 0 Å². The summed E-state index contributed by atoms with van der Waals surface area (Å²) in [6.07, 6.45) is 1.35. The Hall–Kier alpha value is -2.23. The SMILES string of the molecule is O=c1cccco1.Oc1ccc(O)cc1. The van der Waals surface area contributed by atoms with E-state index in [1.165, 1.54) is 36.6 Å². The Labute approximate surface area is 86.0 Å². The van der Waals surface area contributed by atoms with Crippen molar-refractivity contribution in [1.82, 2.24) is 0 Å². The van der Waals surface area contributed by atoms with Gasteiger partial charge in [0.2, 0.25) is 0 Å². The Morgan fingerprint density at radius 2 is 1.40 bits per heavy atom. The fraction of sp³-hybridized carbons (Fsp3) is 0. The molecule has 0 aliphatic heterocycles. The molecule has 0 aliphatic carbocycles. The van der Waals surface area contributed by atoms with Gasteiger partial charge in [0.15, 0.2) is 0 Å². The maximum Gasteiger partial charge on any atom is 0.335 e. The zero-order valence-corrected chi connectivity index (χ0v) is 7.83. The van der Waals surface area contributed by atoms with Crippen molar-refractivity contribution in [2.24, 2.45) is 0 Å². The van der Waals surface area contributed by atoms with E-state index in [4.69, 9.17) is 10.2 Å². The molecule has 1 aromatic carbocycles. The third-order valence-corrected chi connectivity index (χ3v) is 1.46. The largest absolute Gasteiger partial charge is 0.508 e. The van der Waals surface area contributed by atoms with Crippen molar-refractivity contribution < 1.29 is 14.6 Å². The highest BCUT2D eigenvalue weighted by atomic mass is 16.4. The second-order valence-corrected chi connectivity index (χ2v) is 2.64. The van der Waals surface area contributed by atoms with Crippen LogP contribution in [-0.4, -0.2) is 10.2 Å². The van der Waals surface area contributed by atoms with E-state index in [2.05, 4.69) is 4.42 Å². The van der Waals surface area contributed by atoms with E-state index in [1.807, 2.05) is 0 Å². The lowest BCUT2D eigenvalue weighted by Gasteiger charge is -1.88. The monoisotopic (exact) mass is 206 g/mol. The van der Waals surface area contributed by atoms with Crippen molar-refractivity contribution in [3.63, 3.8) is 0 Å². The van der Waals surface area contributed by atoms with E-state index in [0.29, 0.717) is 0 Å². The predicted molar refractivity (Wildman–Crippen MR) is 54.7 cm³/mol. The highest BCUT2D eigenvalue weighted by Gasteiger charge is 1.84.